The Kier molecular flexibility index (Phi) is 10.4. The van der Waals surface area contributed by atoms with E-state index in [2.05, 4.69) is 25.9 Å². The van der Waals surface area contributed by atoms with Gasteiger partial charge in [-0.15, -0.1) is 36.2 Å². The molecule has 2 saturated heterocycles. The third-order valence-corrected chi connectivity index (χ3v) is 6.13. The van der Waals surface area contributed by atoms with E-state index in [0.717, 1.165) is 48.4 Å². The predicted molar refractivity (Wildman–Crippen MR) is 109 cm³/mol. The van der Waals surface area contributed by atoms with E-state index in [9.17, 15) is 4.79 Å². The Bertz CT molecular complexity index is 492. The van der Waals surface area contributed by atoms with Gasteiger partial charge in [-0.3, -0.25) is 4.79 Å². The molecular formula is C15H26Cl2N4OS2. The summed E-state index contributed by atoms with van der Waals surface area (Å²) in [6.45, 7) is 3.97. The number of thiazole rings is 1. The Labute approximate surface area is 164 Å². The van der Waals surface area contributed by atoms with Crippen LogP contribution >= 0.6 is 47.9 Å². The van der Waals surface area contributed by atoms with Gasteiger partial charge in [-0.25, -0.2) is 4.98 Å². The molecule has 3 heterocycles. The van der Waals surface area contributed by atoms with Crippen molar-refractivity contribution in [2.45, 2.75) is 31.7 Å². The Balaban J connectivity index is 0.00000144. The minimum Gasteiger partial charge on any atom is -0.356 e. The second-order valence-corrected chi connectivity index (χ2v) is 7.83. The highest BCUT2D eigenvalue weighted by Crippen LogP contribution is 2.24. The van der Waals surface area contributed by atoms with E-state index >= 15 is 0 Å². The summed E-state index contributed by atoms with van der Waals surface area (Å²) in [5.74, 6) is 2.34. The Hall–Kier alpha value is -0.210. The predicted octanol–water partition coefficient (Wildman–Crippen LogP) is 2.34. The smallest absolute Gasteiger partial charge is 0.221 e. The molecule has 24 heavy (non-hydrogen) atoms. The molecule has 0 saturated carbocycles. The van der Waals surface area contributed by atoms with Crippen molar-refractivity contribution in [3.8, 4) is 0 Å². The first kappa shape index (κ1) is 21.8. The molecule has 1 atom stereocenters. The summed E-state index contributed by atoms with van der Waals surface area (Å²) in [7, 11) is 0. The standard InChI is InChI=1S/C15H24N4OS2.2ClH/c20-14(9-13-10-21-8-5-16-13)17-4-3-12-11-22-15(18-12)19-6-1-2-7-19;;/h11,13,16H,1-10H2,(H,17,20);2*1H. The first-order valence-corrected chi connectivity index (χ1v) is 10.1. The summed E-state index contributed by atoms with van der Waals surface area (Å²) in [4.78, 5) is 19.0. The Morgan fingerprint density at radius 3 is 2.88 bits per heavy atom. The number of carbonyl (C=O) groups is 1. The average Bonchev–Trinajstić information content (AvgIpc) is 3.19. The number of amides is 1. The number of rotatable bonds is 6. The van der Waals surface area contributed by atoms with Gasteiger partial charge >= 0.3 is 0 Å². The molecule has 1 amide bonds. The highest BCUT2D eigenvalue weighted by molar-refractivity contribution is 7.99. The highest BCUT2D eigenvalue weighted by Gasteiger charge is 2.17. The second-order valence-electron chi connectivity index (χ2n) is 5.85. The third-order valence-electron chi connectivity index (χ3n) is 4.05. The number of nitrogens with zero attached hydrogens (tertiary/aromatic N) is 2. The van der Waals surface area contributed by atoms with E-state index in [4.69, 9.17) is 0 Å². The van der Waals surface area contributed by atoms with Gasteiger partial charge in [0.25, 0.3) is 0 Å². The molecule has 3 rings (SSSR count). The number of hydrogen-bond acceptors (Lipinski definition) is 6. The molecule has 2 aliphatic rings. The molecule has 1 aromatic rings. The summed E-state index contributed by atoms with van der Waals surface area (Å²) in [5, 5.41) is 9.68. The fraction of sp³-hybridized carbons (Fsp3) is 0.733. The summed E-state index contributed by atoms with van der Waals surface area (Å²) in [5.41, 5.74) is 1.10. The van der Waals surface area contributed by atoms with E-state index in [1.54, 1.807) is 11.3 Å². The van der Waals surface area contributed by atoms with Crippen molar-refractivity contribution in [3.05, 3.63) is 11.1 Å². The highest BCUT2D eigenvalue weighted by atomic mass is 35.5. The zero-order chi connectivity index (χ0) is 15.2. The summed E-state index contributed by atoms with van der Waals surface area (Å²) >= 11 is 3.65. The number of aromatic nitrogens is 1. The molecule has 1 unspecified atom stereocenters. The monoisotopic (exact) mass is 412 g/mol. The molecule has 0 aliphatic carbocycles. The van der Waals surface area contributed by atoms with Crippen molar-refractivity contribution >= 4 is 59.0 Å². The lowest BCUT2D eigenvalue weighted by atomic mass is 10.2. The van der Waals surface area contributed by atoms with Crippen molar-refractivity contribution in [2.24, 2.45) is 0 Å². The Morgan fingerprint density at radius 1 is 1.38 bits per heavy atom. The van der Waals surface area contributed by atoms with Crippen LogP contribution < -0.4 is 15.5 Å². The van der Waals surface area contributed by atoms with Gasteiger partial charge in [0.05, 0.1) is 5.69 Å². The van der Waals surface area contributed by atoms with Gasteiger partial charge in [0.2, 0.25) is 5.91 Å². The molecular weight excluding hydrogens is 387 g/mol. The van der Waals surface area contributed by atoms with E-state index in [1.165, 1.54) is 12.8 Å². The van der Waals surface area contributed by atoms with Gasteiger partial charge in [0, 0.05) is 61.9 Å². The van der Waals surface area contributed by atoms with Crippen molar-refractivity contribution < 1.29 is 4.79 Å². The summed E-state index contributed by atoms with van der Waals surface area (Å²) < 4.78 is 0. The molecule has 0 aromatic carbocycles. The zero-order valence-corrected chi connectivity index (χ0v) is 16.9. The quantitative estimate of drug-likeness (QED) is 0.750. The maximum Gasteiger partial charge on any atom is 0.221 e. The van der Waals surface area contributed by atoms with E-state index in [0.29, 0.717) is 19.0 Å². The summed E-state index contributed by atoms with van der Waals surface area (Å²) in [6.07, 6.45) is 3.96. The zero-order valence-electron chi connectivity index (χ0n) is 13.7. The number of nitrogens with one attached hydrogen (secondary N) is 2. The van der Waals surface area contributed by atoms with Gasteiger partial charge in [-0.05, 0) is 12.8 Å². The van der Waals surface area contributed by atoms with Crippen LogP contribution in [0.5, 0.6) is 0 Å². The molecule has 9 heteroatoms. The molecule has 5 nitrogen and oxygen atoms in total. The lowest BCUT2D eigenvalue weighted by Crippen LogP contribution is -2.41. The van der Waals surface area contributed by atoms with Crippen LogP contribution in [0.3, 0.4) is 0 Å². The lowest BCUT2D eigenvalue weighted by molar-refractivity contribution is -0.121. The summed E-state index contributed by atoms with van der Waals surface area (Å²) in [6, 6.07) is 0.333. The Morgan fingerprint density at radius 2 is 2.17 bits per heavy atom. The molecule has 0 bridgehead atoms. The van der Waals surface area contributed by atoms with Crippen LogP contribution in [0.25, 0.3) is 0 Å². The molecule has 2 aliphatic heterocycles. The second kappa shape index (κ2) is 11.4. The minimum absolute atomic E-state index is 0. The van der Waals surface area contributed by atoms with Gasteiger partial charge in [0.1, 0.15) is 0 Å². The van der Waals surface area contributed by atoms with E-state index in [-0.39, 0.29) is 30.7 Å². The number of halogens is 2. The molecule has 0 spiro atoms. The SMILES string of the molecule is Cl.Cl.O=C(CC1CSCCN1)NCCc1csc(N2CCCC2)n1. The third kappa shape index (κ3) is 6.59. The van der Waals surface area contributed by atoms with Crippen LogP contribution in [-0.2, 0) is 11.2 Å². The van der Waals surface area contributed by atoms with E-state index in [1.807, 2.05) is 11.8 Å². The maximum absolute atomic E-state index is 11.9. The molecule has 1 aromatic heterocycles. The number of anilines is 1. The van der Waals surface area contributed by atoms with Crippen LogP contribution in [0.4, 0.5) is 5.13 Å². The lowest BCUT2D eigenvalue weighted by Gasteiger charge is -2.22. The first-order chi connectivity index (χ1) is 10.8. The largest absolute Gasteiger partial charge is 0.356 e. The fourth-order valence-corrected chi connectivity index (χ4v) is 4.70. The van der Waals surface area contributed by atoms with E-state index < -0.39 is 0 Å². The topological polar surface area (TPSA) is 57.3 Å². The average molecular weight is 413 g/mol. The van der Waals surface area contributed by atoms with Gasteiger partial charge in [0.15, 0.2) is 5.13 Å². The minimum atomic E-state index is 0. The van der Waals surface area contributed by atoms with Crippen LogP contribution in [0.2, 0.25) is 0 Å². The normalized spacial score (nSPS) is 20.2. The van der Waals surface area contributed by atoms with Crippen molar-refractivity contribution in [1.29, 1.82) is 0 Å². The fourth-order valence-electron chi connectivity index (χ4n) is 2.84. The number of thioether (sulfide) groups is 1. The molecule has 2 N–H and O–H groups in total. The van der Waals surface area contributed by atoms with Gasteiger partial charge < -0.3 is 15.5 Å². The van der Waals surface area contributed by atoms with Crippen LogP contribution in [0.15, 0.2) is 5.38 Å². The molecule has 2 fully saturated rings. The van der Waals surface area contributed by atoms with Gasteiger partial charge in [-0.2, -0.15) is 11.8 Å². The first-order valence-electron chi connectivity index (χ1n) is 8.08. The van der Waals surface area contributed by atoms with Crippen molar-refractivity contribution in [1.82, 2.24) is 15.6 Å². The number of carbonyl (C=O) groups excluding carboxylic acids is 1. The van der Waals surface area contributed by atoms with Crippen LogP contribution in [0.1, 0.15) is 25.0 Å². The maximum atomic E-state index is 11.9. The molecule has 138 valence electrons. The molecule has 0 radical (unpaired) electrons. The van der Waals surface area contributed by atoms with Gasteiger partial charge in [-0.1, -0.05) is 0 Å². The van der Waals surface area contributed by atoms with Crippen molar-refractivity contribution in [3.63, 3.8) is 0 Å². The van der Waals surface area contributed by atoms with Crippen molar-refractivity contribution in [2.75, 3.05) is 42.6 Å². The number of hydrogen-bond donors (Lipinski definition) is 2. The van der Waals surface area contributed by atoms with Crippen LogP contribution in [-0.4, -0.2) is 54.6 Å². The van der Waals surface area contributed by atoms with Crippen LogP contribution in [0, 0.1) is 0 Å².